The molecule has 6 heteroatoms. The normalized spacial score (nSPS) is 26.1. The Labute approximate surface area is 196 Å². The Bertz CT molecular complexity index is 1380. The highest BCUT2D eigenvalue weighted by atomic mass is 16.5. The largest absolute Gasteiger partial charge is 0.465 e. The molecule has 6 nitrogen and oxygen atoms in total. The molecular formula is C28H21NO5. The Morgan fingerprint density at radius 2 is 1.38 bits per heavy atom. The van der Waals surface area contributed by atoms with Crippen molar-refractivity contribution in [1.29, 1.82) is 0 Å². The highest BCUT2D eigenvalue weighted by molar-refractivity contribution is 6.27. The van der Waals surface area contributed by atoms with Crippen molar-refractivity contribution in [3.05, 3.63) is 101 Å². The molecule has 0 N–H and O–H groups in total. The summed E-state index contributed by atoms with van der Waals surface area (Å²) in [6.07, 6.45) is 0. The molecule has 0 radical (unpaired) electrons. The fraction of sp³-hybridized carbons (Fsp3) is 0.214. The number of Topliss-reactive ketones (excluding diaryl/α,β-unsaturated/α-hetero) is 1. The number of anilines is 1. The van der Waals surface area contributed by atoms with Crippen LogP contribution in [0, 0.1) is 11.8 Å². The molecule has 2 atom stereocenters. The summed E-state index contributed by atoms with van der Waals surface area (Å²) in [5.41, 5.74) is 2.43. The number of carbonyl (C=O) groups excluding carboxylic acids is 4. The minimum Gasteiger partial charge on any atom is -0.465 e. The topological polar surface area (TPSA) is 80.8 Å². The number of benzene rings is 3. The van der Waals surface area contributed by atoms with Gasteiger partial charge in [-0.25, -0.2) is 9.69 Å². The predicted molar refractivity (Wildman–Crippen MR) is 123 cm³/mol. The van der Waals surface area contributed by atoms with Gasteiger partial charge in [-0.2, -0.15) is 0 Å². The van der Waals surface area contributed by atoms with Crippen LogP contribution in [-0.2, 0) is 24.5 Å². The van der Waals surface area contributed by atoms with Gasteiger partial charge in [-0.15, -0.1) is 0 Å². The molecule has 3 aromatic carbocycles. The SMILES string of the molecule is COC(=O)c1ccccc1N1C(=O)C2C3c4ccccc4C(C(C)=O)(c4ccccc43)C2C1=O. The number of esters is 1. The van der Waals surface area contributed by atoms with Gasteiger partial charge >= 0.3 is 5.97 Å². The summed E-state index contributed by atoms with van der Waals surface area (Å²) in [4.78, 5) is 55.3. The molecule has 2 amide bonds. The van der Waals surface area contributed by atoms with E-state index in [0.29, 0.717) is 0 Å². The highest BCUT2D eigenvalue weighted by Gasteiger charge is 2.70. The van der Waals surface area contributed by atoms with Gasteiger partial charge in [-0.1, -0.05) is 60.7 Å². The lowest BCUT2D eigenvalue weighted by molar-refractivity contribution is -0.132. The fourth-order valence-electron chi connectivity index (χ4n) is 6.56. The molecule has 34 heavy (non-hydrogen) atoms. The molecule has 3 aromatic rings. The number of nitrogens with zero attached hydrogens (tertiary/aromatic N) is 1. The maximum atomic E-state index is 14.1. The molecule has 1 saturated heterocycles. The van der Waals surface area contributed by atoms with Crippen molar-refractivity contribution in [2.75, 3.05) is 12.0 Å². The number of carbonyl (C=O) groups is 4. The third-order valence-corrected chi connectivity index (χ3v) is 7.72. The number of ketones is 1. The molecule has 1 aliphatic heterocycles. The van der Waals surface area contributed by atoms with E-state index in [0.717, 1.165) is 27.2 Å². The molecule has 3 aliphatic carbocycles. The summed E-state index contributed by atoms with van der Waals surface area (Å²) in [6.45, 7) is 1.50. The maximum absolute atomic E-state index is 14.1. The van der Waals surface area contributed by atoms with Crippen molar-refractivity contribution in [3.63, 3.8) is 0 Å². The van der Waals surface area contributed by atoms with Gasteiger partial charge in [0, 0.05) is 5.92 Å². The lowest BCUT2D eigenvalue weighted by atomic mass is 9.46. The van der Waals surface area contributed by atoms with Gasteiger partial charge in [0.25, 0.3) is 0 Å². The quantitative estimate of drug-likeness (QED) is 0.449. The first kappa shape index (κ1) is 20.5. The van der Waals surface area contributed by atoms with E-state index < -0.39 is 35.0 Å². The third-order valence-electron chi connectivity index (χ3n) is 7.72. The van der Waals surface area contributed by atoms with Crippen LogP contribution in [0.3, 0.4) is 0 Å². The number of hydrogen-bond donors (Lipinski definition) is 0. The van der Waals surface area contributed by atoms with Gasteiger partial charge < -0.3 is 4.74 Å². The number of para-hydroxylation sites is 1. The van der Waals surface area contributed by atoms with E-state index in [1.807, 2.05) is 48.5 Å². The molecule has 0 aromatic heterocycles. The zero-order chi connectivity index (χ0) is 23.8. The average molecular weight is 451 g/mol. The van der Waals surface area contributed by atoms with Gasteiger partial charge in [0.1, 0.15) is 5.78 Å². The van der Waals surface area contributed by atoms with Crippen LogP contribution in [0.2, 0.25) is 0 Å². The van der Waals surface area contributed by atoms with Gasteiger partial charge in [0.05, 0.1) is 35.6 Å². The summed E-state index contributed by atoms with van der Waals surface area (Å²) in [5.74, 6) is -3.66. The standard InChI is InChI=1S/C28H21NO5/c1-15(30)28-19-12-6-3-9-16(19)22(17-10-4-7-13-20(17)28)23-24(28)26(32)29(25(23)31)21-14-8-5-11-18(21)27(33)34-2/h3-14,22-24H,1-2H3. The smallest absolute Gasteiger partial charge is 0.339 e. The first-order valence-corrected chi connectivity index (χ1v) is 11.2. The van der Waals surface area contributed by atoms with Crippen LogP contribution in [0.5, 0.6) is 0 Å². The third kappa shape index (κ3) is 2.25. The Morgan fingerprint density at radius 1 is 0.824 bits per heavy atom. The lowest BCUT2D eigenvalue weighted by Gasteiger charge is -2.52. The van der Waals surface area contributed by atoms with E-state index in [2.05, 4.69) is 0 Å². The van der Waals surface area contributed by atoms with Crippen LogP contribution < -0.4 is 4.90 Å². The summed E-state index contributed by atoms with van der Waals surface area (Å²) in [7, 11) is 1.25. The minimum absolute atomic E-state index is 0.129. The fourth-order valence-corrected chi connectivity index (χ4v) is 6.56. The molecule has 4 aliphatic rings. The second kappa shape index (κ2) is 6.97. The van der Waals surface area contributed by atoms with Crippen molar-refractivity contribution < 1.29 is 23.9 Å². The number of rotatable bonds is 3. The monoisotopic (exact) mass is 451 g/mol. The lowest BCUT2D eigenvalue weighted by Crippen LogP contribution is -2.57. The van der Waals surface area contributed by atoms with E-state index in [1.165, 1.54) is 20.1 Å². The van der Waals surface area contributed by atoms with E-state index in [1.54, 1.807) is 18.2 Å². The number of methoxy groups -OCH3 is 1. The van der Waals surface area contributed by atoms with Crippen LogP contribution in [0.25, 0.3) is 0 Å². The zero-order valence-electron chi connectivity index (χ0n) is 18.6. The Balaban J connectivity index is 1.65. The summed E-state index contributed by atoms with van der Waals surface area (Å²) >= 11 is 0. The molecule has 1 heterocycles. The number of imide groups is 1. The van der Waals surface area contributed by atoms with Crippen LogP contribution in [0.1, 0.15) is 45.5 Å². The minimum atomic E-state index is -1.27. The van der Waals surface area contributed by atoms with Gasteiger partial charge in [-0.3, -0.25) is 14.4 Å². The second-order valence-electron chi connectivity index (χ2n) is 9.04. The van der Waals surface area contributed by atoms with Crippen molar-refractivity contribution in [2.45, 2.75) is 18.3 Å². The predicted octanol–water partition coefficient (Wildman–Crippen LogP) is 3.61. The number of amides is 2. The highest BCUT2D eigenvalue weighted by Crippen LogP contribution is 2.64. The number of hydrogen-bond acceptors (Lipinski definition) is 5. The van der Waals surface area contributed by atoms with Crippen LogP contribution in [0.4, 0.5) is 5.69 Å². The molecule has 0 saturated carbocycles. The Hall–Kier alpha value is -4.06. The molecule has 168 valence electrons. The molecule has 0 spiro atoms. The summed E-state index contributed by atoms with van der Waals surface area (Å²) in [6, 6.07) is 21.7. The second-order valence-corrected chi connectivity index (χ2v) is 9.04. The zero-order valence-corrected chi connectivity index (χ0v) is 18.6. The van der Waals surface area contributed by atoms with E-state index >= 15 is 0 Å². The van der Waals surface area contributed by atoms with Crippen molar-refractivity contribution >= 4 is 29.3 Å². The first-order chi connectivity index (χ1) is 16.4. The van der Waals surface area contributed by atoms with Crippen molar-refractivity contribution in [2.24, 2.45) is 11.8 Å². The average Bonchev–Trinajstić information content (AvgIpc) is 3.13. The van der Waals surface area contributed by atoms with Crippen LogP contribution in [0.15, 0.2) is 72.8 Å². The van der Waals surface area contributed by atoms with Gasteiger partial charge in [0.15, 0.2) is 0 Å². The van der Waals surface area contributed by atoms with Crippen LogP contribution >= 0.6 is 0 Å². The van der Waals surface area contributed by atoms with Gasteiger partial charge in [0.2, 0.25) is 11.8 Å². The number of ether oxygens (including phenoxy) is 1. The Morgan fingerprint density at radius 3 is 1.97 bits per heavy atom. The first-order valence-electron chi connectivity index (χ1n) is 11.2. The van der Waals surface area contributed by atoms with Gasteiger partial charge in [-0.05, 0) is 41.3 Å². The van der Waals surface area contributed by atoms with Crippen molar-refractivity contribution in [3.8, 4) is 0 Å². The van der Waals surface area contributed by atoms with E-state index in [9.17, 15) is 19.2 Å². The molecular weight excluding hydrogens is 430 g/mol. The van der Waals surface area contributed by atoms with E-state index in [4.69, 9.17) is 4.74 Å². The molecule has 2 bridgehead atoms. The summed E-state index contributed by atoms with van der Waals surface area (Å²) < 4.78 is 4.90. The molecule has 2 unspecified atom stereocenters. The molecule has 7 rings (SSSR count). The van der Waals surface area contributed by atoms with E-state index in [-0.39, 0.29) is 23.0 Å². The van der Waals surface area contributed by atoms with Crippen LogP contribution in [-0.4, -0.2) is 30.7 Å². The Kier molecular flexibility index (Phi) is 4.21. The summed E-state index contributed by atoms with van der Waals surface area (Å²) in [5, 5.41) is 0. The van der Waals surface area contributed by atoms with Crippen molar-refractivity contribution in [1.82, 2.24) is 0 Å². The maximum Gasteiger partial charge on any atom is 0.339 e. The molecule has 1 fully saturated rings.